The zero-order valence-corrected chi connectivity index (χ0v) is 14.8. The van der Waals surface area contributed by atoms with Crippen LogP contribution in [-0.2, 0) is 24.2 Å². The van der Waals surface area contributed by atoms with Crippen LogP contribution in [0.3, 0.4) is 0 Å². The third kappa shape index (κ3) is 4.59. The fraction of sp³-hybridized carbons (Fsp3) is 0.333. The number of aromatic nitrogens is 3. The lowest BCUT2D eigenvalue weighted by Gasteiger charge is -2.06. The van der Waals surface area contributed by atoms with Gasteiger partial charge in [-0.1, -0.05) is 29.4 Å². The number of ketones is 1. The molecule has 0 unspecified atom stereocenters. The number of fused-ring (bicyclic) bond motifs is 1. The number of carbonyl (C=O) groups excluding carboxylic acids is 1. The van der Waals surface area contributed by atoms with E-state index < -0.39 is 5.63 Å². The zero-order valence-electron chi connectivity index (χ0n) is 14.8. The van der Waals surface area contributed by atoms with Crippen LogP contribution in [0.5, 0.6) is 0 Å². The maximum Gasteiger partial charge on any atom is 0.336 e. The Hall–Kier alpha value is -3.45. The molecule has 3 rings (SSSR count). The first kappa shape index (κ1) is 18.3. The van der Waals surface area contributed by atoms with Crippen molar-refractivity contribution in [1.29, 1.82) is 0 Å². The van der Waals surface area contributed by atoms with E-state index in [9.17, 15) is 9.59 Å². The molecule has 27 heavy (non-hydrogen) atoms. The van der Waals surface area contributed by atoms with Gasteiger partial charge in [0.1, 0.15) is 11.4 Å². The van der Waals surface area contributed by atoms with Crippen molar-refractivity contribution in [2.45, 2.75) is 39.2 Å². The first-order valence-corrected chi connectivity index (χ1v) is 8.61. The Morgan fingerprint density at radius 3 is 2.96 bits per heavy atom. The van der Waals surface area contributed by atoms with E-state index in [0.29, 0.717) is 43.5 Å². The van der Waals surface area contributed by atoms with Crippen LogP contribution < -0.4 is 5.63 Å². The van der Waals surface area contributed by atoms with Gasteiger partial charge < -0.3 is 4.42 Å². The van der Waals surface area contributed by atoms with Crippen molar-refractivity contribution in [2.75, 3.05) is 0 Å². The standard InChI is InChI=1S/C18H18N6O3/c1-2-15(25)5-3-14-11-24(23-21-14)8-7-12-9-18(26)27-17-10-13(20-22-19)4-6-16(12)17/h4,6,9-11H,2-3,5,7-8H2,1H3. The van der Waals surface area contributed by atoms with Crippen molar-refractivity contribution in [3.63, 3.8) is 0 Å². The van der Waals surface area contributed by atoms with E-state index in [2.05, 4.69) is 20.3 Å². The molecular formula is C18H18N6O3. The van der Waals surface area contributed by atoms with Gasteiger partial charge in [0.05, 0.1) is 5.69 Å². The van der Waals surface area contributed by atoms with Crippen LogP contribution in [0.1, 0.15) is 31.0 Å². The molecule has 2 heterocycles. The largest absolute Gasteiger partial charge is 0.423 e. The van der Waals surface area contributed by atoms with E-state index in [1.807, 2.05) is 13.1 Å². The fourth-order valence-electron chi connectivity index (χ4n) is 2.78. The number of azide groups is 1. The molecule has 0 aliphatic heterocycles. The predicted molar refractivity (Wildman–Crippen MR) is 98.6 cm³/mol. The lowest BCUT2D eigenvalue weighted by Crippen LogP contribution is -2.06. The van der Waals surface area contributed by atoms with E-state index in [-0.39, 0.29) is 5.78 Å². The molecule has 138 valence electrons. The van der Waals surface area contributed by atoms with Crippen molar-refractivity contribution in [3.8, 4) is 0 Å². The fourth-order valence-corrected chi connectivity index (χ4v) is 2.78. The Morgan fingerprint density at radius 1 is 1.33 bits per heavy atom. The molecule has 0 atom stereocenters. The van der Waals surface area contributed by atoms with Crippen LogP contribution in [0.2, 0.25) is 0 Å². The van der Waals surface area contributed by atoms with Crippen molar-refractivity contribution in [2.24, 2.45) is 5.11 Å². The average Bonchev–Trinajstić information content (AvgIpc) is 3.12. The summed E-state index contributed by atoms with van der Waals surface area (Å²) in [4.78, 5) is 26.0. The van der Waals surface area contributed by atoms with Crippen LogP contribution in [0.4, 0.5) is 5.69 Å². The summed E-state index contributed by atoms with van der Waals surface area (Å²) in [7, 11) is 0. The number of aryl methyl sites for hydroxylation is 3. The highest BCUT2D eigenvalue weighted by Crippen LogP contribution is 2.23. The second kappa shape index (κ2) is 8.29. The quantitative estimate of drug-likeness (QED) is 0.261. The summed E-state index contributed by atoms with van der Waals surface area (Å²) in [5.74, 6) is 0.201. The van der Waals surface area contributed by atoms with Crippen molar-refractivity contribution >= 4 is 22.4 Å². The summed E-state index contributed by atoms with van der Waals surface area (Å²) in [6.45, 7) is 2.38. The Bertz CT molecular complexity index is 1080. The van der Waals surface area contributed by atoms with Crippen molar-refractivity contribution in [3.05, 3.63) is 62.6 Å². The van der Waals surface area contributed by atoms with Gasteiger partial charge in [0.15, 0.2) is 0 Å². The van der Waals surface area contributed by atoms with Gasteiger partial charge >= 0.3 is 5.63 Å². The summed E-state index contributed by atoms with van der Waals surface area (Å²) in [6.07, 6.45) is 3.94. The van der Waals surface area contributed by atoms with Gasteiger partial charge in [-0.05, 0) is 30.0 Å². The topological polar surface area (TPSA) is 127 Å². The maximum absolute atomic E-state index is 11.8. The summed E-state index contributed by atoms with van der Waals surface area (Å²) in [5, 5.41) is 12.5. The number of nitrogens with zero attached hydrogens (tertiary/aromatic N) is 6. The van der Waals surface area contributed by atoms with Crippen molar-refractivity contribution < 1.29 is 9.21 Å². The minimum atomic E-state index is -0.465. The molecule has 0 aliphatic carbocycles. The van der Waals surface area contributed by atoms with Gasteiger partial charge in [-0.15, -0.1) is 5.10 Å². The van der Waals surface area contributed by atoms with Crippen LogP contribution in [-0.4, -0.2) is 20.8 Å². The second-order valence-corrected chi connectivity index (χ2v) is 6.08. The van der Waals surface area contributed by atoms with Gasteiger partial charge in [0, 0.05) is 47.6 Å². The Labute approximate surface area is 154 Å². The monoisotopic (exact) mass is 366 g/mol. The first-order valence-electron chi connectivity index (χ1n) is 8.61. The molecule has 1 aromatic carbocycles. The highest BCUT2D eigenvalue weighted by molar-refractivity contribution is 5.82. The minimum Gasteiger partial charge on any atom is -0.423 e. The van der Waals surface area contributed by atoms with Crippen LogP contribution in [0.25, 0.3) is 21.4 Å². The van der Waals surface area contributed by atoms with E-state index in [0.717, 1.165) is 16.6 Å². The first-order chi connectivity index (χ1) is 13.1. The minimum absolute atomic E-state index is 0.201. The van der Waals surface area contributed by atoms with Gasteiger partial charge in [-0.3, -0.25) is 9.48 Å². The Morgan fingerprint density at radius 2 is 2.19 bits per heavy atom. The Kier molecular flexibility index (Phi) is 5.63. The van der Waals surface area contributed by atoms with E-state index in [1.165, 1.54) is 12.1 Å². The highest BCUT2D eigenvalue weighted by Gasteiger charge is 2.08. The molecule has 0 saturated carbocycles. The van der Waals surface area contributed by atoms with Gasteiger partial charge in [-0.25, -0.2) is 4.79 Å². The summed E-state index contributed by atoms with van der Waals surface area (Å²) in [6, 6.07) is 6.43. The molecule has 0 fully saturated rings. The molecule has 9 heteroatoms. The average molecular weight is 366 g/mol. The van der Waals surface area contributed by atoms with E-state index in [4.69, 9.17) is 9.95 Å². The summed E-state index contributed by atoms with van der Waals surface area (Å²) in [5.41, 5.74) is 10.4. The molecule has 0 aliphatic rings. The molecule has 0 saturated heterocycles. The number of Topliss-reactive ketones (excluding diaryl/α,β-unsaturated/α-hetero) is 1. The van der Waals surface area contributed by atoms with Crippen molar-refractivity contribution in [1.82, 2.24) is 15.0 Å². The number of hydrogen-bond acceptors (Lipinski definition) is 6. The molecule has 9 nitrogen and oxygen atoms in total. The molecule has 0 bridgehead atoms. The van der Waals surface area contributed by atoms with E-state index >= 15 is 0 Å². The maximum atomic E-state index is 11.8. The smallest absolute Gasteiger partial charge is 0.336 e. The zero-order chi connectivity index (χ0) is 19.2. The molecule has 3 aromatic rings. The van der Waals surface area contributed by atoms with Crippen LogP contribution >= 0.6 is 0 Å². The van der Waals surface area contributed by atoms with Crippen LogP contribution in [0, 0.1) is 0 Å². The van der Waals surface area contributed by atoms with E-state index in [1.54, 1.807) is 16.8 Å². The van der Waals surface area contributed by atoms with Gasteiger partial charge in [0.25, 0.3) is 0 Å². The molecule has 0 radical (unpaired) electrons. The summed E-state index contributed by atoms with van der Waals surface area (Å²) >= 11 is 0. The Balaban J connectivity index is 1.75. The van der Waals surface area contributed by atoms with Crippen LogP contribution in [0.15, 0.2) is 44.8 Å². The van der Waals surface area contributed by atoms with Gasteiger partial charge in [-0.2, -0.15) is 0 Å². The normalized spacial score (nSPS) is 10.7. The number of benzene rings is 1. The number of hydrogen-bond donors (Lipinski definition) is 0. The molecule has 2 aromatic heterocycles. The lowest BCUT2D eigenvalue weighted by atomic mass is 10.1. The number of rotatable bonds is 8. The molecular weight excluding hydrogens is 348 g/mol. The summed E-state index contributed by atoms with van der Waals surface area (Å²) < 4.78 is 6.90. The molecule has 0 N–H and O–H groups in total. The predicted octanol–water partition coefficient (Wildman–Crippen LogP) is 3.48. The number of carbonyl (C=O) groups is 1. The second-order valence-electron chi connectivity index (χ2n) is 6.08. The highest BCUT2D eigenvalue weighted by atomic mass is 16.4. The molecule has 0 spiro atoms. The lowest BCUT2D eigenvalue weighted by molar-refractivity contribution is -0.118. The third-order valence-electron chi connectivity index (χ3n) is 4.22. The van der Waals surface area contributed by atoms with Gasteiger partial charge in [0.2, 0.25) is 0 Å². The SMILES string of the molecule is CCC(=O)CCc1cn(CCc2cc(=O)oc3cc(N=[N+]=[N-])ccc23)nn1. The third-order valence-corrected chi connectivity index (χ3v) is 4.22. The molecule has 0 amide bonds.